The molecule has 26 heavy (non-hydrogen) atoms. The third-order valence-electron chi connectivity index (χ3n) is 4.44. The van der Waals surface area contributed by atoms with Crippen molar-refractivity contribution in [1.29, 1.82) is 0 Å². The Balaban J connectivity index is 1.54. The highest BCUT2D eigenvalue weighted by Crippen LogP contribution is 2.24. The van der Waals surface area contributed by atoms with E-state index in [2.05, 4.69) is 9.88 Å². The number of benzene rings is 2. The van der Waals surface area contributed by atoms with Crippen LogP contribution in [0.1, 0.15) is 0 Å². The number of nitrogens with zero attached hydrogens (tertiary/aromatic N) is 2. The summed E-state index contributed by atoms with van der Waals surface area (Å²) < 4.78 is 32.2. The van der Waals surface area contributed by atoms with Crippen molar-refractivity contribution in [3.63, 3.8) is 0 Å². The van der Waals surface area contributed by atoms with Crippen molar-refractivity contribution in [2.45, 2.75) is 4.90 Å². The first-order valence-corrected chi connectivity index (χ1v) is 9.89. The van der Waals surface area contributed by atoms with Gasteiger partial charge in [-0.1, -0.05) is 17.7 Å². The van der Waals surface area contributed by atoms with Crippen molar-refractivity contribution in [2.24, 2.45) is 0 Å². The van der Waals surface area contributed by atoms with Crippen LogP contribution in [-0.4, -0.2) is 43.9 Å². The molecular formula is C17H16ClN3O4S. The smallest absolute Gasteiger partial charge is 0.408 e. The number of hydrogen-bond donors (Lipinski definition) is 1. The Morgan fingerprint density at radius 3 is 2.54 bits per heavy atom. The van der Waals surface area contributed by atoms with Gasteiger partial charge in [0.2, 0.25) is 10.0 Å². The number of piperazine rings is 1. The molecule has 2 aromatic carbocycles. The van der Waals surface area contributed by atoms with Crippen molar-refractivity contribution >= 4 is 38.4 Å². The molecule has 1 N–H and O–H groups in total. The summed E-state index contributed by atoms with van der Waals surface area (Å²) in [6, 6.07) is 11.9. The van der Waals surface area contributed by atoms with Gasteiger partial charge in [-0.3, -0.25) is 4.98 Å². The van der Waals surface area contributed by atoms with Gasteiger partial charge in [-0.15, -0.1) is 0 Å². The van der Waals surface area contributed by atoms with Crippen LogP contribution in [0, 0.1) is 0 Å². The minimum Gasteiger partial charge on any atom is -0.408 e. The second kappa shape index (κ2) is 6.46. The van der Waals surface area contributed by atoms with Crippen molar-refractivity contribution in [1.82, 2.24) is 9.29 Å². The van der Waals surface area contributed by atoms with E-state index in [1.54, 1.807) is 6.07 Å². The van der Waals surface area contributed by atoms with Gasteiger partial charge < -0.3 is 9.32 Å². The Kier molecular flexibility index (Phi) is 4.26. The molecule has 3 aromatic rings. The molecule has 0 radical (unpaired) electrons. The molecule has 0 spiro atoms. The Morgan fingerprint density at radius 2 is 1.81 bits per heavy atom. The molecule has 0 bridgehead atoms. The largest absolute Gasteiger partial charge is 0.417 e. The second-order valence-corrected chi connectivity index (χ2v) is 8.42. The molecular weight excluding hydrogens is 378 g/mol. The van der Waals surface area contributed by atoms with E-state index in [1.807, 2.05) is 18.2 Å². The first-order valence-electron chi connectivity index (χ1n) is 8.07. The van der Waals surface area contributed by atoms with E-state index in [9.17, 15) is 13.2 Å². The van der Waals surface area contributed by atoms with Crippen LogP contribution in [0.4, 0.5) is 5.69 Å². The zero-order valence-corrected chi connectivity index (χ0v) is 15.3. The molecule has 0 unspecified atom stereocenters. The molecule has 1 saturated heterocycles. The number of aromatic nitrogens is 1. The van der Waals surface area contributed by atoms with Crippen molar-refractivity contribution in [3.8, 4) is 0 Å². The van der Waals surface area contributed by atoms with Gasteiger partial charge in [-0.05, 0) is 30.3 Å². The minimum absolute atomic E-state index is 0.115. The fourth-order valence-electron chi connectivity index (χ4n) is 3.09. The van der Waals surface area contributed by atoms with Crippen molar-refractivity contribution in [3.05, 3.63) is 58.0 Å². The van der Waals surface area contributed by atoms with Crippen LogP contribution < -0.4 is 10.7 Å². The topological polar surface area (TPSA) is 86.6 Å². The molecule has 9 heteroatoms. The number of H-pyrrole nitrogens is 1. The number of oxazole rings is 1. The van der Waals surface area contributed by atoms with Crippen LogP contribution in [-0.2, 0) is 10.0 Å². The first kappa shape index (κ1) is 17.1. The molecule has 136 valence electrons. The Labute approximate surface area is 154 Å². The summed E-state index contributed by atoms with van der Waals surface area (Å²) in [4.78, 5) is 16.0. The van der Waals surface area contributed by atoms with Gasteiger partial charge >= 0.3 is 5.76 Å². The summed E-state index contributed by atoms with van der Waals surface area (Å²) in [6.07, 6.45) is 0. The standard InChI is InChI=1S/C17H16ClN3O4S/c18-12-2-1-3-13(10-12)20-6-8-21(9-7-20)26(23,24)14-4-5-15-16(11-14)25-17(22)19-15/h1-5,10-11H,6-9H2,(H,19,22). The van der Waals surface area contributed by atoms with Gasteiger partial charge in [0, 0.05) is 43.0 Å². The van der Waals surface area contributed by atoms with Crippen LogP contribution >= 0.6 is 11.6 Å². The molecule has 1 aliphatic rings. The summed E-state index contributed by atoms with van der Waals surface area (Å²) >= 11 is 6.03. The Morgan fingerprint density at radius 1 is 1.04 bits per heavy atom. The number of anilines is 1. The fraction of sp³-hybridized carbons (Fsp3) is 0.235. The third kappa shape index (κ3) is 3.11. The number of sulfonamides is 1. The predicted molar refractivity (Wildman–Crippen MR) is 99.3 cm³/mol. The van der Waals surface area contributed by atoms with Gasteiger partial charge in [0.15, 0.2) is 5.58 Å². The maximum Gasteiger partial charge on any atom is 0.417 e. The van der Waals surface area contributed by atoms with Crippen LogP contribution in [0.3, 0.4) is 0 Å². The molecule has 0 atom stereocenters. The summed E-state index contributed by atoms with van der Waals surface area (Å²) in [5.74, 6) is -0.607. The molecule has 4 rings (SSSR count). The highest BCUT2D eigenvalue weighted by molar-refractivity contribution is 7.89. The van der Waals surface area contributed by atoms with E-state index in [-0.39, 0.29) is 10.5 Å². The van der Waals surface area contributed by atoms with Gasteiger partial charge in [-0.25, -0.2) is 13.2 Å². The molecule has 0 amide bonds. The van der Waals surface area contributed by atoms with Crippen LogP contribution in [0.2, 0.25) is 5.02 Å². The number of halogens is 1. The van der Waals surface area contributed by atoms with E-state index in [4.69, 9.17) is 16.0 Å². The maximum absolute atomic E-state index is 12.9. The van der Waals surface area contributed by atoms with Crippen LogP contribution in [0.15, 0.2) is 56.6 Å². The summed E-state index contributed by atoms with van der Waals surface area (Å²) in [6.45, 7) is 1.87. The van der Waals surface area contributed by atoms with Gasteiger partial charge in [0.05, 0.1) is 10.4 Å². The maximum atomic E-state index is 12.9. The molecule has 7 nitrogen and oxygen atoms in total. The monoisotopic (exact) mass is 393 g/mol. The molecule has 1 aromatic heterocycles. The van der Waals surface area contributed by atoms with Crippen LogP contribution in [0.5, 0.6) is 0 Å². The normalized spacial score (nSPS) is 16.3. The average molecular weight is 394 g/mol. The van der Waals surface area contributed by atoms with E-state index in [0.717, 1.165) is 5.69 Å². The SMILES string of the molecule is O=c1[nH]c2ccc(S(=O)(=O)N3CCN(c4cccc(Cl)c4)CC3)cc2o1. The average Bonchev–Trinajstić information content (AvgIpc) is 3.01. The van der Waals surface area contributed by atoms with Crippen LogP contribution in [0.25, 0.3) is 11.1 Å². The number of hydrogen-bond acceptors (Lipinski definition) is 5. The molecule has 1 fully saturated rings. The third-order valence-corrected chi connectivity index (χ3v) is 6.57. The van der Waals surface area contributed by atoms with E-state index in [0.29, 0.717) is 36.7 Å². The fourth-order valence-corrected chi connectivity index (χ4v) is 4.72. The number of aromatic amines is 1. The zero-order valence-electron chi connectivity index (χ0n) is 13.7. The zero-order chi connectivity index (χ0) is 18.3. The number of fused-ring (bicyclic) bond motifs is 1. The Bertz CT molecular complexity index is 1110. The minimum atomic E-state index is -3.65. The molecule has 0 saturated carbocycles. The number of nitrogens with one attached hydrogen (secondary N) is 1. The van der Waals surface area contributed by atoms with Crippen molar-refractivity contribution < 1.29 is 12.8 Å². The lowest BCUT2D eigenvalue weighted by Gasteiger charge is -2.35. The first-order chi connectivity index (χ1) is 12.4. The molecule has 0 aliphatic carbocycles. The van der Waals surface area contributed by atoms with E-state index >= 15 is 0 Å². The highest BCUT2D eigenvalue weighted by atomic mass is 35.5. The summed E-state index contributed by atoms with van der Waals surface area (Å²) in [7, 11) is -3.65. The van der Waals surface area contributed by atoms with E-state index in [1.165, 1.54) is 22.5 Å². The molecule has 2 heterocycles. The quantitative estimate of drug-likeness (QED) is 0.737. The summed E-state index contributed by atoms with van der Waals surface area (Å²) in [5.41, 5.74) is 1.68. The van der Waals surface area contributed by atoms with Gasteiger partial charge in [0.25, 0.3) is 0 Å². The van der Waals surface area contributed by atoms with Gasteiger partial charge in [-0.2, -0.15) is 4.31 Å². The lowest BCUT2D eigenvalue weighted by atomic mass is 10.2. The Hall–Kier alpha value is -2.29. The van der Waals surface area contributed by atoms with Crippen molar-refractivity contribution in [2.75, 3.05) is 31.1 Å². The highest BCUT2D eigenvalue weighted by Gasteiger charge is 2.29. The summed E-state index contributed by atoms with van der Waals surface area (Å²) in [5, 5.41) is 0.652. The second-order valence-electron chi connectivity index (χ2n) is 6.04. The van der Waals surface area contributed by atoms with Gasteiger partial charge in [0.1, 0.15) is 0 Å². The van der Waals surface area contributed by atoms with E-state index < -0.39 is 15.8 Å². The molecule has 1 aliphatic heterocycles. The predicted octanol–water partition coefficient (Wildman–Crippen LogP) is 2.29. The lowest BCUT2D eigenvalue weighted by molar-refractivity contribution is 0.385. The number of rotatable bonds is 3. The lowest BCUT2D eigenvalue weighted by Crippen LogP contribution is -2.48.